The molecular formula is C17H15ClFN5O. The molecule has 3 aromatic rings. The highest BCUT2D eigenvalue weighted by molar-refractivity contribution is 6.30. The Bertz CT molecular complexity index is 898. The van der Waals surface area contributed by atoms with Crippen LogP contribution in [-0.4, -0.2) is 43.9 Å². The van der Waals surface area contributed by atoms with E-state index in [4.69, 9.17) is 11.6 Å². The molecule has 1 aliphatic heterocycles. The van der Waals surface area contributed by atoms with Gasteiger partial charge in [-0.1, -0.05) is 11.6 Å². The number of rotatable bonds is 4. The molecule has 1 aliphatic rings. The van der Waals surface area contributed by atoms with Gasteiger partial charge in [0.1, 0.15) is 11.5 Å². The Labute approximate surface area is 148 Å². The number of H-pyrrole nitrogens is 1. The van der Waals surface area contributed by atoms with Crippen molar-refractivity contribution in [1.82, 2.24) is 24.9 Å². The molecule has 0 aliphatic carbocycles. The van der Waals surface area contributed by atoms with E-state index in [1.165, 1.54) is 12.1 Å². The van der Waals surface area contributed by atoms with Gasteiger partial charge in [0.15, 0.2) is 0 Å². The molecule has 1 fully saturated rings. The summed E-state index contributed by atoms with van der Waals surface area (Å²) in [5.74, 6) is -0.0318. The third kappa shape index (κ3) is 3.28. The molecule has 6 nitrogen and oxygen atoms in total. The lowest BCUT2D eigenvalue weighted by molar-refractivity contribution is 0.0455. The molecule has 128 valence electrons. The zero-order chi connectivity index (χ0) is 17.4. The smallest absolute Gasteiger partial charge is 0.271 e. The first-order valence-corrected chi connectivity index (χ1v) is 8.25. The summed E-state index contributed by atoms with van der Waals surface area (Å²) in [6, 6.07) is 7.69. The predicted octanol–water partition coefficient (Wildman–Crippen LogP) is 2.84. The van der Waals surface area contributed by atoms with Crippen molar-refractivity contribution < 1.29 is 9.18 Å². The number of halogens is 2. The fourth-order valence-corrected chi connectivity index (χ4v) is 3.08. The van der Waals surface area contributed by atoms with Gasteiger partial charge in [-0.05, 0) is 30.3 Å². The van der Waals surface area contributed by atoms with Crippen molar-refractivity contribution in [3.63, 3.8) is 0 Å². The van der Waals surface area contributed by atoms with Gasteiger partial charge in [-0.2, -0.15) is 10.2 Å². The second kappa shape index (κ2) is 6.33. The molecule has 1 saturated heterocycles. The van der Waals surface area contributed by atoms with Gasteiger partial charge in [-0.15, -0.1) is 0 Å². The number of hydrogen-bond donors (Lipinski definition) is 1. The third-order valence-electron chi connectivity index (χ3n) is 4.24. The summed E-state index contributed by atoms with van der Waals surface area (Å²) in [5.41, 5.74) is 1.81. The average Bonchev–Trinajstić information content (AvgIpc) is 3.20. The van der Waals surface area contributed by atoms with Crippen molar-refractivity contribution in [2.75, 3.05) is 13.1 Å². The van der Waals surface area contributed by atoms with Crippen molar-refractivity contribution in [3.8, 4) is 11.3 Å². The van der Waals surface area contributed by atoms with E-state index in [0.717, 1.165) is 12.1 Å². The Morgan fingerprint density at radius 3 is 2.76 bits per heavy atom. The minimum Gasteiger partial charge on any atom is -0.337 e. The molecule has 0 spiro atoms. The number of aromatic nitrogens is 4. The van der Waals surface area contributed by atoms with Crippen molar-refractivity contribution in [2.24, 2.45) is 5.92 Å². The van der Waals surface area contributed by atoms with Gasteiger partial charge in [0.2, 0.25) is 0 Å². The average molecular weight is 360 g/mol. The maximum absolute atomic E-state index is 13.0. The number of carbonyl (C=O) groups excluding carboxylic acids is 1. The minimum atomic E-state index is -0.305. The molecule has 25 heavy (non-hydrogen) atoms. The van der Waals surface area contributed by atoms with Crippen LogP contribution in [0, 0.1) is 11.7 Å². The van der Waals surface area contributed by atoms with Crippen LogP contribution in [-0.2, 0) is 6.54 Å². The second-order valence-corrected chi connectivity index (χ2v) is 6.57. The van der Waals surface area contributed by atoms with Gasteiger partial charge >= 0.3 is 0 Å². The van der Waals surface area contributed by atoms with E-state index in [0.29, 0.717) is 35.4 Å². The fraction of sp³-hybridized carbons (Fsp3) is 0.235. The van der Waals surface area contributed by atoms with E-state index in [1.807, 2.05) is 0 Å². The molecule has 0 saturated carbocycles. The van der Waals surface area contributed by atoms with Gasteiger partial charge < -0.3 is 4.90 Å². The summed E-state index contributed by atoms with van der Waals surface area (Å²) in [4.78, 5) is 14.2. The quantitative estimate of drug-likeness (QED) is 0.779. The molecule has 8 heteroatoms. The highest BCUT2D eigenvalue weighted by atomic mass is 35.5. The van der Waals surface area contributed by atoms with Crippen molar-refractivity contribution in [1.29, 1.82) is 0 Å². The van der Waals surface area contributed by atoms with E-state index >= 15 is 0 Å². The van der Waals surface area contributed by atoms with Gasteiger partial charge in [-0.3, -0.25) is 14.6 Å². The molecular weight excluding hydrogens is 345 g/mol. The lowest BCUT2D eigenvalue weighted by atomic mass is 9.99. The van der Waals surface area contributed by atoms with Crippen LogP contribution in [0.25, 0.3) is 11.3 Å². The number of aromatic amines is 1. The minimum absolute atomic E-state index is 0.0874. The largest absolute Gasteiger partial charge is 0.337 e. The van der Waals surface area contributed by atoms with Gasteiger partial charge in [0, 0.05) is 37.3 Å². The number of carbonyl (C=O) groups is 1. The summed E-state index contributed by atoms with van der Waals surface area (Å²) in [6.07, 6.45) is 3.38. The van der Waals surface area contributed by atoms with E-state index in [-0.39, 0.29) is 11.7 Å². The Balaban J connectivity index is 1.37. The summed E-state index contributed by atoms with van der Waals surface area (Å²) in [7, 11) is 0. The maximum atomic E-state index is 13.0. The van der Waals surface area contributed by atoms with E-state index in [2.05, 4.69) is 15.3 Å². The van der Waals surface area contributed by atoms with Crippen LogP contribution in [0.5, 0.6) is 0 Å². The number of nitrogens with one attached hydrogen (secondary N) is 1. The van der Waals surface area contributed by atoms with E-state index in [1.54, 1.807) is 40.2 Å². The normalized spacial score (nSPS) is 14.6. The molecule has 2 aromatic heterocycles. The molecule has 1 amide bonds. The molecule has 4 rings (SSSR count). The Morgan fingerprint density at radius 2 is 2.08 bits per heavy atom. The van der Waals surface area contributed by atoms with Crippen molar-refractivity contribution in [2.45, 2.75) is 6.54 Å². The lowest BCUT2D eigenvalue weighted by Gasteiger charge is -2.38. The first kappa shape index (κ1) is 15.8. The summed E-state index contributed by atoms with van der Waals surface area (Å²) < 4.78 is 14.8. The van der Waals surface area contributed by atoms with Crippen LogP contribution in [0.3, 0.4) is 0 Å². The van der Waals surface area contributed by atoms with Gasteiger partial charge in [-0.25, -0.2) is 4.39 Å². The molecule has 1 aromatic carbocycles. The maximum Gasteiger partial charge on any atom is 0.271 e. The van der Waals surface area contributed by atoms with Gasteiger partial charge in [0.25, 0.3) is 5.91 Å². The van der Waals surface area contributed by atoms with Crippen molar-refractivity contribution in [3.05, 3.63) is 59.3 Å². The van der Waals surface area contributed by atoms with Crippen LogP contribution in [0.2, 0.25) is 5.02 Å². The zero-order valence-electron chi connectivity index (χ0n) is 13.2. The van der Waals surface area contributed by atoms with Crippen LogP contribution in [0.1, 0.15) is 10.5 Å². The van der Waals surface area contributed by atoms with Crippen LogP contribution >= 0.6 is 11.6 Å². The van der Waals surface area contributed by atoms with Crippen LogP contribution in [0.4, 0.5) is 4.39 Å². The second-order valence-electron chi connectivity index (χ2n) is 6.13. The highest BCUT2D eigenvalue weighted by Crippen LogP contribution is 2.23. The molecule has 3 heterocycles. The summed E-state index contributed by atoms with van der Waals surface area (Å²) >= 11 is 5.85. The molecule has 0 bridgehead atoms. The van der Waals surface area contributed by atoms with E-state index < -0.39 is 0 Å². The number of hydrogen-bond acceptors (Lipinski definition) is 3. The Morgan fingerprint density at radius 1 is 1.32 bits per heavy atom. The summed E-state index contributed by atoms with van der Waals surface area (Å²) in [5, 5.41) is 11.7. The van der Waals surface area contributed by atoms with Crippen molar-refractivity contribution >= 4 is 17.5 Å². The van der Waals surface area contributed by atoms with Crippen LogP contribution < -0.4 is 0 Å². The van der Waals surface area contributed by atoms with Crippen LogP contribution in [0.15, 0.2) is 42.7 Å². The third-order valence-corrected chi connectivity index (χ3v) is 4.43. The van der Waals surface area contributed by atoms with E-state index in [9.17, 15) is 9.18 Å². The number of nitrogens with zero attached hydrogens (tertiary/aromatic N) is 4. The standard InChI is InChI=1S/C17H15ClFN5O/c18-13-6-20-24(10-13)9-11-7-23(8-11)17(25)16-5-15(21-22-16)12-1-3-14(19)4-2-12/h1-6,10-11H,7-9H2,(H,21,22). The topological polar surface area (TPSA) is 66.8 Å². The predicted molar refractivity (Wildman–Crippen MR) is 90.6 cm³/mol. The Hall–Kier alpha value is -2.67. The van der Waals surface area contributed by atoms with Gasteiger partial charge in [0.05, 0.1) is 16.9 Å². The number of benzene rings is 1. The highest BCUT2D eigenvalue weighted by Gasteiger charge is 2.32. The summed E-state index contributed by atoms with van der Waals surface area (Å²) in [6.45, 7) is 2.07. The zero-order valence-corrected chi connectivity index (χ0v) is 13.9. The molecule has 0 atom stereocenters. The first-order valence-electron chi connectivity index (χ1n) is 7.87. The first-order chi connectivity index (χ1) is 12.1. The molecule has 0 unspecified atom stereocenters. The lowest BCUT2D eigenvalue weighted by Crippen LogP contribution is -2.51. The molecule has 0 radical (unpaired) electrons. The Kier molecular flexibility index (Phi) is 4.01. The number of amides is 1. The molecule has 1 N–H and O–H groups in total. The number of likely N-dealkylation sites (tertiary alicyclic amines) is 1. The SMILES string of the molecule is O=C(c1cc(-c2ccc(F)cc2)n[nH]1)N1CC(Cn2cc(Cl)cn2)C1. The fourth-order valence-electron chi connectivity index (χ4n) is 2.92. The monoisotopic (exact) mass is 359 g/mol.